The average Bonchev–Trinajstić information content (AvgIpc) is 2.70. The number of hydrogen-bond donors (Lipinski definition) is 4. The van der Waals surface area contributed by atoms with Crippen molar-refractivity contribution in [3.63, 3.8) is 0 Å². The molecule has 2 aromatic rings. The number of nitrogen functional groups attached to an aromatic ring is 1. The topological polar surface area (TPSA) is 99.2 Å². The standard InChI is InChI=1S/C22H29ClFN3O2S/c1-4-22(28,5-2)12-11-16(15-10-9-14(23)13-18(15)24)20(25)17-7-6-8-19(21(17)26)27-30(3)29/h6-10,13,16,25,27-28H,4-5,11-12,26H2,1-3H3. The minimum atomic E-state index is -1.33. The van der Waals surface area contributed by atoms with Crippen LogP contribution < -0.4 is 10.5 Å². The van der Waals surface area contributed by atoms with Crippen LogP contribution in [-0.2, 0) is 11.0 Å². The van der Waals surface area contributed by atoms with Crippen LogP contribution in [0, 0.1) is 11.2 Å². The maximum atomic E-state index is 14.8. The van der Waals surface area contributed by atoms with E-state index in [1.165, 1.54) is 12.3 Å². The lowest BCUT2D eigenvalue weighted by molar-refractivity contribution is 0.0212. The summed E-state index contributed by atoms with van der Waals surface area (Å²) >= 11 is 5.92. The van der Waals surface area contributed by atoms with Crippen LogP contribution in [0.15, 0.2) is 36.4 Å². The van der Waals surface area contributed by atoms with Gasteiger partial charge in [0.05, 0.1) is 17.0 Å². The molecule has 0 spiro atoms. The Morgan fingerprint density at radius 1 is 1.33 bits per heavy atom. The van der Waals surface area contributed by atoms with E-state index in [1.807, 2.05) is 13.8 Å². The number of benzene rings is 2. The van der Waals surface area contributed by atoms with Crippen molar-refractivity contribution in [3.05, 3.63) is 58.4 Å². The summed E-state index contributed by atoms with van der Waals surface area (Å²) in [5.41, 5.74) is 6.98. The first-order chi connectivity index (χ1) is 14.1. The van der Waals surface area contributed by atoms with Crippen LogP contribution in [0.4, 0.5) is 15.8 Å². The van der Waals surface area contributed by atoms with Gasteiger partial charge in [-0.15, -0.1) is 0 Å². The lowest BCUT2D eigenvalue weighted by Gasteiger charge is -2.29. The summed E-state index contributed by atoms with van der Waals surface area (Å²) in [6.45, 7) is 3.81. The highest BCUT2D eigenvalue weighted by Crippen LogP contribution is 2.35. The second kappa shape index (κ2) is 10.4. The van der Waals surface area contributed by atoms with Crippen molar-refractivity contribution in [1.82, 2.24) is 0 Å². The summed E-state index contributed by atoms with van der Waals surface area (Å²) in [7, 11) is -1.33. The molecule has 30 heavy (non-hydrogen) atoms. The number of nitrogens with one attached hydrogen (secondary N) is 2. The molecule has 2 unspecified atom stereocenters. The first-order valence-corrected chi connectivity index (χ1v) is 11.8. The summed E-state index contributed by atoms with van der Waals surface area (Å²) in [4.78, 5) is 0. The van der Waals surface area contributed by atoms with Gasteiger partial charge in [0.1, 0.15) is 16.8 Å². The zero-order valence-electron chi connectivity index (χ0n) is 17.5. The molecule has 0 saturated heterocycles. The SMILES string of the molecule is CCC(O)(CC)CCC(C(=N)c1cccc(NS(C)=O)c1N)c1ccc(Cl)cc1F. The maximum absolute atomic E-state index is 14.8. The van der Waals surface area contributed by atoms with Gasteiger partial charge in [0.15, 0.2) is 0 Å². The molecule has 0 aliphatic rings. The monoisotopic (exact) mass is 453 g/mol. The summed E-state index contributed by atoms with van der Waals surface area (Å²) < 4.78 is 29.1. The van der Waals surface area contributed by atoms with E-state index >= 15 is 0 Å². The number of aliphatic hydroxyl groups is 1. The van der Waals surface area contributed by atoms with Gasteiger partial charge in [-0.3, -0.25) is 0 Å². The lowest BCUT2D eigenvalue weighted by atomic mass is 9.81. The van der Waals surface area contributed by atoms with Gasteiger partial charge in [0.2, 0.25) is 0 Å². The molecule has 0 aromatic heterocycles. The van der Waals surface area contributed by atoms with E-state index in [0.717, 1.165) is 0 Å². The molecule has 0 amide bonds. The highest BCUT2D eigenvalue weighted by atomic mass is 35.5. The molecule has 2 aromatic carbocycles. The molecule has 0 aliphatic heterocycles. The summed E-state index contributed by atoms with van der Waals surface area (Å²) in [6.07, 6.45) is 3.39. The van der Waals surface area contributed by atoms with E-state index < -0.39 is 28.3 Å². The van der Waals surface area contributed by atoms with E-state index in [-0.39, 0.29) is 16.4 Å². The van der Waals surface area contributed by atoms with Crippen molar-refractivity contribution in [3.8, 4) is 0 Å². The molecular formula is C22H29ClFN3O2S. The second-order valence-electron chi connectivity index (χ2n) is 7.43. The molecule has 5 N–H and O–H groups in total. The Balaban J connectivity index is 2.48. The molecular weight excluding hydrogens is 425 g/mol. The highest BCUT2D eigenvalue weighted by Gasteiger charge is 2.29. The third-order valence-corrected chi connectivity index (χ3v) is 6.29. The highest BCUT2D eigenvalue weighted by molar-refractivity contribution is 7.85. The van der Waals surface area contributed by atoms with Crippen molar-refractivity contribution in [1.29, 1.82) is 5.41 Å². The Morgan fingerprint density at radius 3 is 2.57 bits per heavy atom. The Kier molecular flexibility index (Phi) is 8.41. The van der Waals surface area contributed by atoms with E-state index in [4.69, 9.17) is 22.7 Å². The van der Waals surface area contributed by atoms with Crippen LogP contribution in [0.2, 0.25) is 5.02 Å². The van der Waals surface area contributed by atoms with E-state index in [1.54, 1.807) is 30.3 Å². The summed E-state index contributed by atoms with van der Waals surface area (Å²) in [6, 6.07) is 9.47. The maximum Gasteiger partial charge on any atom is 0.128 e. The minimum Gasteiger partial charge on any atom is -0.396 e. The fraction of sp³-hybridized carbons (Fsp3) is 0.409. The number of hydrogen-bond acceptors (Lipinski definition) is 4. The van der Waals surface area contributed by atoms with Gasteiger partial charge >= 0.3 is 0 Å². The van der Waals surface area contributed by atoms with Crippen molar-refractivity contribution in [2.24, 2.45) is 0 Å². The third-order valence-electron chi connectivity index (χ3n) is 5.55. The number of rotatable bonds is 10. The molecule has 164 valence electrons. The fourth-order valence-corrected chi connectivity index (χ4v) is 4.13. The minimum absolute atomic E-state index is 0.133. The third kappa shape index (κ3) is 5.80. The van der Waals surface area contributed by atoms with Crippen LogP contribution in [0.3, 0.4) is 0 Å². The van der Waals surface area contributed by atoms with Crippen molar-refractivity contribution in [2.45, 2.75) is 51.0 Å². The molecule has 0 bridgehead atoms. The predicted octanol–water partition coefficient (Wildman–Crippen LogP) is 5.25. The average molecular weight is 454 g/mol. The molecule has 0 saturated carbocycles. The van der Waals surface area contributed by atoms with Crippen LogP contribution >= 0.6 is 11.6 Å². The Morgan fingerprint density at radius 2 is 2.00 bits per heavy atom. The Labute approximate surface area is 184 Å². The molecule has 2 rings (SSSR count). The van der Waals surface area contributed by atoms with Gasteiger partial charge in [-0.1, -0.05) is 43.6 Å². The Hall–Kier alpha value is -1.96. The molecule has 8 heteroatoms. The van der Waals surface area contributed by atoms with Gasteiger partial charge in [-0.2, -0.15) is 0 Å². The number of para-hydroxylation sites is 1. The molecule has 0 heterocycles. The summed E-state index contributed by atoms with van der Waals surface area (Å²) in [5, 5.41) is 19.9. The normalized spacial score (nSPS) is 13.7. The smallest absolute Gasteiger partial charge is 0.128 e. The fourth-order valence-electron chi connectivity index (χ4n) is 3.49. The quantitative estimate of drug-likeness (QED) is 0.292. The van der Waals surface area contributed by atoms with Gasteiger partial charge < -0.3 is 21.0 Å². The Bertz CT molecular complexity index is 935. The molecule has 0 fully saturated rings. The second-order valence-corrected chi connectivity index (χ2v) is 8.97. The zero-order valence-corrected chi connectivity index (χ0v) is 19.0. The van der Waals surface area contributed by atoms with Crippen LogP contribution in [-0.4, -0.2) is 26.9 Å². The number of nitrogens with two attached hydrogens (primary N) is 1. The first kappa shape index (κ1) is 24.3. The van der Waals surface area contributed by atoms with Crippen LogP contribution in [0.25, 0.3) is 0 Å². The zero-order chi connectivity index (χ0) is 22.5. The van der Waals surface area contributed by atoms with E-state index in [0.29, 0.717) is 42.5 Å². The van der Waals surface area contributed by atoms with Gasteiger partial charge in [-0.25, -0.2) is 8.60 Å². The van der Waals surface area contributed by atoms with E-state index in [2.05, 4.69) is 4.72 Å². The van der Waals surface area contributed by atoms with E-state index in [9.17, 15) is 13.7 Å². The molecule has 5 nitrogen and oxygen atoms in total. The van der Waals surface area contributed by atoms with Crippen molar-refractivity contribution in [2.75, 3.05) is 16.7 Å². The van der Waals surface area contributed by atoms with Gasteiger partial charge in [-0.05, 0) is 49.4 Å². The van der Waals surface area contributed by atoms with Crippen molar-refractivity contribution >= 4 is 39.7 Å². The largest absolute Gasteiger partial charge is 0.396 e. The van der Waals surface area contributed by atoms with Gasteiger partial charge in [0, 0.05) is 28.5 Å². The van der Waals surface area contributed by atoms with Gasteiger partial charge in [0.25, 0.3) is 0 Å². The number of halogens is 2. The number of anilines is 2. The predicted molar refractivity (Wildman–Crippen MR) is 124 cm³/mol. The summed E-state index contributed by atoms with van der Waals surface area (Å²) in [5.74, 6) is -1.13. The first-order valence-electron chi connectivity index (χ1n) is 9.86. The van der Waals surface area contributed by atoms with Crippen LogP contribution in [0.1, 0.15) is 56.6 Å². The molecule has 0 aliphatic carbocycles. The lowest BCUT2D eigenvalue weighted by Crippen LogP contribution is -2.28. The molecule has 0 radical (unpaired) electrons. The van der Waals surface area contributed by atoms with Crippen LogP contribution in [0.5, 0.6) is 0 Å². The molecule has 2 atom stereocenters. The van der Waals surface area contributed by atoms with Crippen molar-refractivity contribution < 1.29 is 13.7 Å².